The van der Waals surface area contributed by atoms with E-state index in [1.165, 1.54) is 0 Å². The van der Waals surface area contributed by atoms with Gasteiger partial charge in [0.25, 0.3) is 0 Å². The second-order valence-corrected chi connectivity index (χ2v) is 6.38. The van der Waals surface area contributed by atoms with E-state index >= 15 is 0 Å². The summed E-state index contributed by atoms with van der Waals surface area (Å²) in [6.07, 6.45) is 4.28. The van der Waals surface area contributed by atoms with Gasteiger partial charge in [-0.2, -0.15) is 0 Å². The van der Waals surface area contributed by atoms with Crippen molar-refractivity contribution in [3.8, 4) is 0 Å². The van der Waals surface area contributed by atoms with Gasteiger partial charge in [0, 0.05) is 13.0 Å². The molecule has 0 aromatic carbocycles. The fraction of sp³-hybridized carbons (Fsp3) is 0.947. The Kier molecular flexibility index (Phi) is 15.4. The van der Waals surface area contributed by atoms with E-state index in [1.54, 1.807) is 0 Å². The molecule has 0 aromatic heterocycles. The highest BCUT2D eigenvalue weighted by Gasteiger charge is 2.53. The first-order valence-corrected chi connectivity index (χ1v) is 9.56. The van der Waals surface area contributed by atoms with Gasteiger partial charge in [0.2, 0.25) is 0 Å². The number of aliphatic hydroxyl groups is 3. The van der Waals surface area contributed by atoms with Crippen molar-refractivity contribution in [2.24, 2.45) is 5.41 Å². The van der Waals surface area contributed by atoms with Gasteiger partial charge in [-0.25, -0.2) is 0 Å². The monoisotopic (exact) mass is 364 g/mol. The SMILES string of the molecule is CCCCCC(=O)O.CCOC(CC)(CC)C(CO)(CO)C(O)CC. The number of aliphatic carboxylic acids is 1. The molecule has 0 aliphatic carbocycles. The highest BCUT2D eigenvalue weighted by molar-refractivity contribution is 5.66. The van der Waals surface area contributed by atoms with E-state index in [1.807, 2.05) is 27.7 Å². The molecule has 1 unspecified atom stereocenters. The van der Waals surface area contributed by atoms with Crippen LogP contribution in [0.2, 0.25) is 0 Å². The molecule has 0 bridgehead atoms. The standard InChI is InChI=1S/C13H28O4.C6H12O2/c1-5-11(16)12(9-14,10-15)13(6-2,7-3)17-8-4;1-2-3-4-5-6(7)8/h11,14-16H,5-10H2,1-4H3;2-5H2,1H3,(H,7,8). The summed E-state index contributed by atoms with van der Waals surface area (Å²) in [5.74, 6) is -0.682. The lowest BCUT2D eigenvalue weighted by atomic mass is 9.65. The zero-order valence-corrected chi connectivity index (χ0v) is 16.8. The minimum absolute atomic E-state index is 0.278. The third-order valence-corrected chi connectivity index (χ3v) is 5.05. The molecule has 0 heterocycles. The van der Waals surface area contributed by atoms with Crippen molar-refractivity contribution in [3.63, 3.8) is 0 Å². The molecule has 6 heteroatoms. The Morgan fingerprint density at radius 3 is 1.80 bits per heavy atom. The normalized spacial score (nSPS) is 13.1. The molecule has 0 saturated heterocycles. The van der Waals surface area contributed by atoms with Gasteiger partial charge in [-0.15, -0.1) is 0 Å². The van der Waals surface area contributed by atoms with Crippen molar-refractivity contribution >= 4 is 5.97 Å². The van der Waals surface area contributed by atoms with Crippen LogP contribution < -0.4 is 0 Å². The van der Waals surface area contributed by atoms with Gasteiger partial charge in [0.15, 0.2) is 0 Å². The molecule has 0 rings (SSSR count). The maximum Gasteiger partial charge on any atom is 0.303 e. The van der Waals surface area contributed by atoms with Gasteiger partial charge in [0.05, 0.1) is 30.3 Å². The van der Waals surface area contributed by atoms with Crippen molar-refractivity contribution < 1.29 is 30.0 Å². The van der Waals surface area contributed by atoms with Crippen molar-refractivity contribution in [2.45, 2.75) is 91.3 Å². The summed E-state index contributed by atoms with van der Waals surface area (Å²) in [6.45, 7) is 9.65. The van der Waals surface area contributed by atoms with Gasteiger partial charge in [-0.05, 0) is 32.6 Å². The van der Waals surface area contributed by atoms with Gasteiger partial charge in [-0.3, -0.25) is 4.79 Å². The molecule has 1 atom stereocenters. The smallest absolute Gasteiger partial charge is 0.303 e. The fourth-order valence-corrected chi connectivity index (χ4v) is 3.35. The topological polar surface area (TPSA) is 107 Å². The molecule has 0 fully saturated rings. The molecule has 0 aromatic rings. The predicted molar refractivity (Wildman–Crippen MR) is 99.6 cm³/mol. The molecule has 0 aliphatic heterocycles. The lowest BCUT2D eigenvalue weighted by molar-refractivity contribution is -0.211. The van der Waals surface area contributed by atoms with Crippen molar-refractivity contribution in [2.75, 3.05) is 19.8 Å². The van der Waals surface area contributed by atoms with Crippen LogP contribution in [0.4, 0.5) is 0 Å². The molecular weight excluding hydrogens is 324 g/mol. The molecule has 6 nitrogen and oxygen atoms in total. The summed E-state index contributed by atoms with van der Waals surface area (Å²) in [6, 6.07) is 0. The molecule has 0 aliphatic rings. The number of carboxylic acids is 1. The lowest BCUT2D eigenvalue weighted by Crippen LogP contribution is -2.60. The number of hydrogen-bond acceptors (Lipinski definition) is 5. The van der Waals surface area contributed by atoms with E-state index in [0.29, 0.717) is 32.3 Å². The Morgan fingerprint density at radius 2 is 1.52 bits per heavy atom. The fourth-order valence-electron chi connectivity index (χ4n) is 3.35. The number of aliphatic hydroxyl groups excluding tert-OH is 3. The summed E-state index contributed by atoms with van der Waals surface area (Å²) < 4.78 is 5.82. The highest BCUT2D eigenvalue weighted by atomic mass is 16.5. The van der Waals surface area contributed by atoms with E-state index in [4.69, 9.17) is 9.84 Å². The van der Waals surface area contributed by atoms with E-state index in [0.717, 1.165) is 19.3 Å². The molecular formula is C19H40O6. The molecule has 25 heavy (non-hydrogen) atoms. The molecule has 0 spiro atoms. The van der Waals surface area contributed by atoms with E-state index in [-0.39, 0.29) is 13.2 Å². The van der Waals surface area contributed by atoms with Crippen LogP contribution in [0.5, 0.6) is 0 Å². The number of carboxylic acid groups (broad SMARTS) is 1. The first-order chi connectivity index (χ1) is 11.8. The van der Waals surface area contributed by atoms with E-state index in [9.17, 15) is 20.1 Å². The van der Waals surface area contributed by atoms with Crippen LogP contribution in [0.1, 0.15) is 79.6 Å². The summed E-state index contributed by atoms with van der Waals surface area (Å²) in [7, 11) is 0. The van der Waals surface area contributed by atoms with Gasteiger partial charge in [-0.1, -0.05) is 40.5 Å². The first kappa shape index (κ1) is 26.5. The van der Waals surface area contributed by atoms with Gasteiger partial charge in [0.1, 0.15) is 0 Å². The summed E-state index contributed by atoms with van der Waals surface area (Å²) in [4.78, 5) is 9.87. The number of rotatable bonds is 13. The Balaban J connectivity index is 0. The second-order valence-electron chi connectivity index (χ2n) is 6.38. The maximum absolute atomic E-state index is 10.2. The summed E-state index contributed by atoms with van der Waals surface area (Å²) >= 11 is 0. The minimum atomic E-state index is -0.999. The molecule has 0 saturated carbocycles. The zero-order valence-electron chi connectivity index (χ0n) is 16.8. The first-order valence-electron chi connectivity index (χ1n) is 9.56. The van der Waals surface area contributed by atoms with Crippen molar-refractivity contribution in [1.82, 2.24) is 0 Å². The van der Waals surface area contributed by atoms with E-state index in [2.05, 4.69) is 6.92 Å². The largest absolute Gasteiger partial charge is 0.481 e. The second kappa shape index (κ2) is 14.5. The quantitative estimate of drug-likeness (QED) is 0.374. The van der Waals surface area contributed by atoms with Crippen LogP contribution in [-0.4, -0.2) is 57.9 Å². The number of carbonyl (C=O) groups is 1. The van der Waals surface area contributed by atoms with Crippen molar-refractivity contribution in [3.05, 3.63) is 0 Å². The molecule has 4 N–H and O–H groups in total. The van der Waals surface area contributed by atoms with Crippen LogP contribution in [-0.2, 0) is 9.53 Å². The highest BCUT2D eigenvalue weighted by Crippen LogP contribution is 2.43. The molecule has 152 valence electrons. The van der Waals surface area contributed by atoms with Crippen LogP contribution in [0.25, 0.3) is 0 Å². The van der Waals surface area contributed by atoms with Crippen LogP contribution in [0.15, 0.2) is 0 Å². The Hall–Kier alpha value is -0.690. The van der Waals surface area contributed by atoms with Gasteiger partial charge >= 0.3 is 5.97 Å². The summed E-state index contributed by atoms with van der Waals surface area (Å²) in [5, 5.41) is 37.7. The Bertz CT molecular complexity index is 324. The molecule has 0 radical (unpaired) electrons. The third kappa shape index (κ3) is 7.60. The maximum atomic E-state index is 10.2. The summed E-state index contributed by atoms with van der Waals surface area (Å²) in [5.41, 5.74) is -1.68. The third-order valence-electron chi connectivity index (χ3n) is 5.05. The number of ether oxygens (including phenoxy) is 1. The Labute approximate surface area is 153 Å². The zero-order chi connectivity index (χ0) is 19.9. The number of unbranched alkanes of at least 4 members (excludes halogenated alkanes) is 2. The lowest BCUT2D eigenvalue weighted by Gasteiger charge is -2.50. The van der Waals surface area contributed by atoms with E-state index < -0.39 is 23.1 Å². The average Bonchev–Trinajstić information content (AvgIpc) is 2.62. The minimum Gasteiger partial charge on any atom is -0.481 e. The van der Waals surface area contributed by atoms with Crippen LogP contribution >= 0.6 is 0 Å². The predicted octanol–water partition coefficient (Wildman–Crippen LogP) is 2.97. The average molecular weight is 365 g/mol. The molecule has 0 amide bonds. The van der Waals surface area contributed by atoms with Crippen LogP contribution in [0.3, 0.4) is 0 Å². The van der Waals surface area contributed by atoms with Gasteiger partial charge < -0.3 is 25.2 Å². The Morgan fingerprint density at radius 1 is 1.00 bits per heavy atom. The van der Waals surface area contributed by atoms with Crippen molar-refractivity contribution in [1.29, 1.82) is 0 Å². The number of hydrogen-bond donors (Lipinski definition) is 4. The van der Waals surface area contributed by atoms with Crippen LogP contribution in [0, 0.1) is 5.41 Å².